The smallest absolute Gasteiger partial charge is 0.416 e. The van der Waals surface area contributed by atoms with Crippen molar-refractivity contribution in [3.63, 3.8) is 0 Å². The van der Waals surface area contributed by atoms with E-state index in [0.717, 1.165) is 0 Å². The van der Waals surface area contributed by atoms with Gasteiger partial charge in [0.05, 0.1) is 23.4 Å². The first-order chi connectivity index (χ1) is 17.0. The minimum absolute atomic E-state index is 0.0254. The molecule has 204 valence electrons. The van der Waals surface area contributed by atoms with Gasteiger partial charge in [-0.25, -0.2) is 4.79 Å². The molecule has 1 heterocycles. The van der Waals surface area contributed by atoms with Crippen molar-refractivity contribution in [3.8, 4) is 0 Å². The van der Waals surface area contributed by atoms with Gasteiger partial charge in [-0.15, -0.1) is 0 Å². The van der Waals surface area contributed by atoms with Gasteiger partial charge in [0.25, 0.3) is 0 Å². The predicted octanol–water partition coefficient (Wildman–Crippen LogP) is 7.63. The molecule has 0 radical (unpaired) electrons. The molecule has 37 heavy (non-hydrogen) atoms. The normalized spacial score (nSPS) is 20.5. The molecule has 2 atom stereocenters. The summed E-state index contributed by atoms with van der Waals surface area (Å²) in [5.41, 5.74) is -6.13. The summed E-state index contributed by atoms with van der Waals surface area (Å²) in [6.07, 6.45) is -17.6. The summed E-state index contributed by atoms with van der Waals surface area (Å²) >= 11 is 0. The summed E-state index contributed by atoms with van der Waals surface area (Å²) in [5.74, 6) is 0. The van der Waals surface area contributed by atoms with Gasteiger partial charge in [0.15, 0.2) is 0 Å². The van der Waals surface area contributed by atoms with Gasteiger partial charge >= 0.3 is 24.6 Å². The number of hydrogen-bond donors (Lipinski definition) is 1. The van der Waals surface area contributed by atoms with Crippen LogP contribution in [0.4, 0.5) is 50.0 Å². The summed E-state index contributed by atoms with van der Waals surface area (Å²) in [7, 11) is 0. The molecule has 0 aliphatic carbocycles. The lowest BCUT2D eigenvalue weighted by Crippen LogP contribution is -2.64. The van der Waals surface area contributed by atoms with Gasteiger partial charge < -0.3 is 10.1 Å². The average Bonchev–Trinajstić information content (AvgIpc) is 2.80. The third-order valence-corrected chi connectivity index (χ3v) is 6.29. The Morgan fingerprint density at radius 2 is 1.54 bits per heavy atom. The van der Waals surface area contributed by atoms with Gasteiger partial charge in [-0.2, -0.15) is 39.5 Å². The van der Waals surface area contributed by atoms with Crippen molar-refractivity contribution in [1.82, 2.24) is 5.32 Å². The number of rotatable bonds is 5. The van der Waals surface area contributed by atoms with Crippen LogP contribution in [-0.2, 0) is 23.6 Å². The first kappa shape index (κ1) is 28.6. The van der Waals surface area contributed by atoms with E-state index in [4.69, 9.17) is 4.74 Å². The van der Waals surface area contributed by atoms with Crippen LogP contribution in [0.3, 0.4) is 0 Å². The third kappa shape index (κ3) is 5.65. The SMILES string of the molecule is CCOC(=O)N1c2ccccc2[C@@H](NCc2cc(C(F)(F)F)cc(C(F)(F)F)c2)C[C@]1(CC)C(F)(F)F. The minimum atomic E-state index is -5.07. The highest BCUT2D eigenvalue weighted by molar-refractivity contribution is 5.91. The van der Waals surface area contributed by atoms with Crippen LogP contribution in [0.2, 0.25) is 0 Å². The molecule has 0 fully saturated rings. The molecule has 4 nitrogen and oxygen atoms in total. The summed E-state index contributed by atoms with van der Waals surface area (Å²) in [4.78, 5) is 13.2. The number of para-hydroxylation sites is 1. The van der Waals surface area contributed by atoms with E-state index in [0.29, 0.717) is 17.0 Å². The molecule has 1 aliphatic heterocycles. The molecule has 3 rings (SSSR count). The fourth-order valence-corrected chi connectivity index (χ4v) is 4.51. The van der Waals surface area contributed by atoms with Crippen molar-refractivity contribution in [1.29, 1.82) is 0 Å². The van der Waals surface area contributed by atoms with Crippen molar-refractivity contribution in [2.75, 3.05) is 11.5 Å². The Kier molecular flexibility index (Phi) is 7.79. The largest absolute Gasteiger partial charge is 0.449 e. The Morgan fingerprint density at radius 1 is 0.973 bits per heavy atom. The number of anilines is 1. The first-order valence-electron chi connectivity index (χ1n) is 11.2. The van der Waals surface area contributed by atoms with Crippen molar-refractivity contribution < 1.29 is 49.0 Å². The number of nitrogens with one attached hydrogen (secondary N) is 1. The van der Waals surface area contributed by atoms with Gasteiger partial charge in [-0.1, -0.05) is 25.1 Å². The predicted molar refractivity (Wildman–Crippen MR) is 116 cm³/mol. The minimum Gasteiger partial charge on any atom is -0.449 e. The zero-order valence-corrected chi connectivity index (χ0v) is 19.6. The molecular weight excluding hydrogens is 519 g/mol. The lowest BCUT2D eigenvalue weighted by Gasteiger charge is -2.49. The monoisotopic (exact) mass is 542 g/mol. The molecule has 1 amide bonds. The highest BCUT2D eigenvalue weighted by atomic mass is 19.4. The van der Waals surface area contributed by atoms with Crippen molar-refractivity contribution in [2.24, 2.45) is 0 Å². The van der Waals surface area contributed by atoms with Gasteiger partial charge in [-0.05, 0) is 55.2 Å². The maximum atomic E-state index is 14.5. The number of alkyl halides is 9. The van der Waals surface area contributed by atoms with E-state index in [1.807, 2.05) is 0 Å². The number of nitrogens with zero attached hydrogens (tertiary/aromatic N) is 1. The van der Waals surface area contributed by atoms with Gasteiger partial charge in [-0.3, -0.25) is 4.90 Å². The number of ether oxygens (including phenoxy) is 1. The van der Waals surface area contributed by atoms with Crippen LogP contribution in [0, 0.1) is 0 Å². The Labute approximate surface area is 206 Å². The zero-order valence-electron chi connectivity index (χ0n) is 19.6. The van der Waals surface area contributed by atoms with Gasteiger partial charge in [0.2, 0.25) is 0 Å². The second kappa shape index (κ2) is 10.1. The van der Waals surface area contributed by atoms with E-state index in [1.165, 1.54) is 38.1 Å². The van der Waals surface area contributed by atoms with Crippen molar-refractivity contribution >= 4 is 11.8 Å². The fourth-order valence-electron chi connectivity index (χ4n) is 4.51. The maximum absolute atomic E-state index is 14.5. The van der Waals surface area contributed by atoms with Crippen molar-refractivity contribution in [2.45, 2.75) is 63.3 Å². The summed E-state index contributed by atoms with van der Waals surface area (Å²) < 4.78 is 128. The number of hydrogen-bond acceptors (Lipinski definition) is 3. The molecule has 13 heteroatoms. The molecule has 0 spiro atoms. The van der Waals surface area contributed by atoms with Gasteiger partial charge in [0, 0.05) is 12.6 Å². The third-order valence-electron chi connectivity index (χ3n) is 6.29. The number of fused-ring (bicyclic) bond motifs is 1. The number of amides is 1. The van der Waals surface area contributed by atoms with Gasteiger partial charge in [0.1, 0.15) is 5.54 Å². The van der Waals surface area contributed by atoms with Crippen LogP contribution in [-0.4, -0.2) is 24.4 Å². The highest BCUT2D eigenvalue weighted by Crippen LogP contribution is 2.52. The van der Waals surface area contributed by atoms with Crippen LogP contribution in [0.15, 0.2) is 42.5 Å². The Hall–Kier alpha value is -2.96. The van der Waals surface area contributed by atoms with Crippen LogP contribution >= 0.6 is 0 Å². The second-order valence-electron chi connectivity index (χ2n) is 8.53. The van der Waals surface area contributed by atoms with E-state index in [9.17, 15) is 44.3 Å². The molecule has 0 saturated carbocycles. The molecule has 1 aliphatic rings. The van der Waals surface area contributed by atoms with Crippen LogP contribution < -0.4 is 10.2 Å². The topological polar surface area (TPSA) is 41.6 Å². The lowest BCUT2D eigenvalue weighted by molar-refractivity contribution is -0.192. The number of halogens is 9. The molecule has 0 saturated heterocycles. The van der Waals surface area contributed by atoms with Crippen LogP contribution in [0.1, 0.15) is 55.0 Å². The molecule has 2 aromatic rings. The standard InChI is InChI=1S/C24H23F9N2O2/c1-3-21(24(31,32)33)12-18(17-7-5-6-8-19(17)35(21)20(36)37-4-2)34-13-14-9-15(22(25,26)27)11-16(10-14)23(28,29)30/h5-11,18,34H,3-4,12-13H2,1-2H3/t18-,21+/m0/s1. The molecule has 0 bridgehead atoms. The molecular formula is C24H23F9N2O2. The van der Waals surface area contributed by atoms with E-state index < -0.39 is 72.3 Å². The summed E-state index contributed by atoms with van der Waals surface area (Å²) in [6.45, 7) is 1.88. The maximum Gasteiger partial charge on any atom is 0.416 e. The summed E-state index contributed by atoms with van der Waals surface area (Å²) in [5, 5.41) is 2.69. The Bertz CT molecular complexity index is 1100. The zero-order chi connectivity index (χ0) is 27.8. The Morgan fingerprint density at radius 3 is 2.03 bits per heavy atom. The second-order valence-corrected chi connectivity index (χ2v) is 8.53. The Balaban J connectivity index is 2.06. The van der Waals surface area contributed by atoms with Crippen molar-refractivity contribution in [3.05, 3.63) is 64.7 Å². The fraction of sp³-hybridized carbons (Fsp3) is 0.458. The molecule has 2 aromatic carbocycles. The average molecular weight is 542 g/mol. The van der Waals surface area contributed by atoms with E-state index in [2.05, 4.69) is 5.32 Å². The molecule has 1 N–H and O–H groups in total. The van der Waals surface area contributed by atoms with Crippen LogP contribution in [0.25, 0.3) is 0 Å². The number of benzene rings is 2. The lowest BCUT2D eigenvalue weighted by atomic mass is 9.78. The quantitative estimate of drug-likeness (QED) is 0.395. The molecule has 0 aromatic heterocycles. The van der Waals surface area contributed by atoms with Crippen LogP contribution in [0.5, 0.6) is 0 Å². The molecule has 0 unspecified atom stereocenters. The van der Waals surface area contributed by atoms with E-state index in [-0.39, 0.29) is 23.9 Å². The number of carbonyl (C=O) groups is 1. The highest BCUT2D eigenvalue weighted by Gasteiger charge is 2.62. The van der Waals surface area contributed by atoms with E-state index >= 15 is 0 Å². The first-order valence-corrected chi connectivity index (χ1v) is 11.2. The summed E-state index contributed by atoms with van der Waals surface area (Å²) in [6, 6.07) is 5.46. The number of carbonyl (C=O) groups excluding carboxylic acids is 1. The van der Waals surface area contributed by atoms with E-state index in [1.54, 1.807) is 0 Å².